The molecule has 0 amide bonds. The molecule has 23 heavy (non-hydrogen) atoms. The van der Waals surface area contributed by atoms with Crippen LogP contribution in [0.25, 0.3) is 22.4 Å². The van der Waals surface area contributed by atoms with Crippen LogP contribution in [0, 0.1) is 10.1 Å². The summed E-state index contributed by atoms with van der Waals surface area (Å²) in [5.74, 6) is 1.45. The number of hydrogen-bond acceptors (Lipinski definition) is 6. The Kier molecular flexibility index (Phi) is 3.20. The van der Waals surface area contributed by atoms with Crippen molar-refractivity contribution in [3.8, 4) is 11.5 Å². The lowest BCUT2D eigenvalue weighted by atomic mass is 10.2. The summed E-state index contributed by atoms with van der Waals surface area (Å²) in [4.78, 5) is 14.8. The van der Waals surface area contributed by atoms with Crippen molar-refractivity contribution in [2.75, 3.05) is 6.79 Å². The van der Waals surface area contributed by atoms with Gasteiger partial charge in [0.15, 0.2) is 11.5 Å². The molecule has 2 heterocycles. The maximum Gasteiger partial charge on any atom is 0.271 e. The van der Waals surface area contributed by atoms with E-state index in [9.17, 15) is 10.1 Å². The highest BCUT2D eigenvalue weighted by Gasteiger charge is 2.15. The number of nitro groups is 1. The van der Waals surface area contributed by atoms with Crippen LogP contribution in [-0.4, -0.2) is 16.7 Å². The van der Waals surface area contributed by atoms with Crippen molar-refractivity contribution in [2.24, 2.45) is 0 Å². The maximum absolute atomic E-state index is 10.8. The second-order valence-corrected chi connectivity index (χ2v) is 5.94. The van der Waals surface area contributed by atoms with Crippen molar-refractivity contribution in [1.82, 2.24) is 4.98 Å². The molecule has 0 saturated heterocycles. The third kappa shape index (κ3) is 2.51. The van der Waals surface area contributed by atoms with E-state index in [4.69, 9.17) is 9.47 Å². The molecule has 1 aliphatic rings. The summed E-state index contributed by atoms with van der Waals surface area (Å²) in [7, 11) is 0. The number of ether oxygens (including phenoxy) is 2. The van der Waals surface area contributed by atoms with Crippen LogP contribution in [0.1, 0.15) is 10.6 Å². The van der Waals surface area contributed by atoms with E-state index in [0.29, 0.717) is 5.52 Å². The molecular formula is C16H10N2O4S. The van der Waals surface area contributed by atoms with Crippen LogP contribution in [-0.2, 0) is 0 Å². The monoisotopic (exact) mass is 326 g/mol. The Morgan fingerprint density at radius 2 is 2.13 bits per heavy atom. The summed E-state index contributed by atoms with van der Waals surface area (Å²) in [6.07, 6.45) is 3.77. The second kappa shape index (κ2) is 5.36. The molecule has 3 aromatic rings. The highest BCUT2D eigenvalue weighted by atomic mass is 32.1. The normalized spacial score (nSPS) is 13.0. The van der Waals surface area contributed by atoms with Gasteiger partial charge in [0.1, 0.15) is 5.01 Å². The summed E-state index contributed by atoms with van der Waals surface area (Å²) >= 11 is 1.48. The third-order valence-corrected chi connectivity index (χ3v) is 4.43. The van der Waals surface area contributed by atoms with Gasteiger partial charge in [0.2, 0.25) is 6.79 Å². The first-order chi connectivity index (χ1) is 11.2. The van der Waals surface area contributed by atoms with Gasteiger partial charge in [0.05, 0.1) is 15.1 Å². The van der Waals surface area contributed by atoms with E-state index >= 15 is 0 Å². The molecule has 0 N–H and O–H groups in total. The van der Waals surface area contributed by atoms with Gasteiger partial charge in [-0.05, 0) is 24.3 Å². The molecule has 6 nitrogen and oxygen atoms in total. The number of aromatic nitrogens is 1. The predicted octanol–water partition coefficient (Wildman–Crippen LogP) is 4.10. The van der Waals surface area contributed by atoms with Crippen molar-refractivity contribution in [2.45, 2.75) is 0 Å². The van der Waals surface area contributed by atoms with E-state index in [-0.39, 0.29) is 12.5 Å². The quantitative estimate of drug-likeness (QED) is 0.535. The van der Waals surface area contributed by atoms with Crippen molar-refractivity contribution in [1.29, 1.82) is 0 Å². The Balaban J connectivity index is 1.68. The van der Waals surface area contributed by atoms with Crippen molar-refractivity contribution in [3.63, 3.8) is 0 Å². The molecule has 0 atom stereocenters. The summed E-state index contributed by atoms with van der Waals surface area (Å²) < 4.78 is 11.7. The molecule has 1 aliphatic heterocycles. The van der Waals surface area contributed by atoms with E-state index in [0.717, 1.165) is 26.8 Å². The first-order valence-electron chi connectivity index (χ1n) is 6.82. The number of para-hydroxylation sites is 1. The average molecular weight is 326 g/mol. The number of thiazole rings is 1. The number of fused-ring (bicyclic) bond motifs is 2. The number of benzene rings is 2. The molecule has 0 bridgehead atoms. The van der Waals surface area contributed by atoms with Crippen LogP contribution in [0.5, 0.6) is 11.5 Å². The molecule has 1 aromatic heterocycles. The van der Waals surface area contributed by atoms with Crippen molar-refractivity contribution >= 4 is 39.4 Å². The first kappa shape index (κ1) is 13.7. The maximum atomic E-state index is 10.8. The Bertz CT molecular complexity index is 948. The summed E-state index contributed by atoms with van der Waals surface area (Å²) in [5.41, 5.74) is 1.58. The molecule has 0 radical (unpaired) electrons. The number of nitrogens with zero attached hydrogens (tertiary/aromatic N) is 2. The molecule has 0 aliphatic carbocycles. The highest BCUT2D eigenvalue weighted by Crippen LogP contribution is 2.36. The van der Waals surface area contributed by atoms with Gasteiger partial charge in [0, 0.05) is 17.7 Å². The Morgan fingerprint density at radius 3 is 3.00 bits per heavy atom. The molecule has 7 heteroatoms. The van der Waals surface area contributed by atoms with Crippen LogP contribution < -0.4 is 9.47 Å². The van der Waals surface area contributed by atoms with Crippen LogP contribution in [0.15, 0.2) is 36.4 Å². The summed E-state index contributed by atoms with van der Waals surface area (Å²) in [6.45, 7) is 0.227. The van der Waals surface area contributed by atoms with E-state index in [1.54, 1.807) is 6.07 Å². The van der Waals surface area contributed by atoms with E-state index in [1.165, 1.54) is 23.5 Å². The average Bonchev–Trinajstić information content (AvgIpc) is 3.18. The van der Waals surface area contributed by atoms with Crippen molar-refractivity contribution in [3.05, 3.63) is 57.1 Å². The Labute approximate surface area is 134 Å². The largest absolute Gasteiger partial charge is 0.454 e. The number of nitro benzene ring substituents is 1. The molecule has 114 valence electrons. The van der Waals surface area contributed by atoms with Gasteiger partial charge in [-0.15, -0.1) is 11.3 Å². The molecule has 2 aromatic carbocycles. The smallest absolute Gasteiger partial charge is 0.271 e. The fourth-order valence-electron chi connectivity index (χ4n) is 2.36. The number of rotatable bonds is 3. The second-order valence-electron chi connectivity index (χ2n) is 4.88. The zero-order chi connectivity index (χ0) is 15.8. The Hall–Kier alpha value is -2.93. The summed E-state index contributed by atoms with van der Waals surface area (Å²) in [6, 6.07) is 10.4. The predicted molar refractivity (Wildman–Crippen MR) is 87.8 cm³/mol. The first-order valence-corrected chi connectivity index (χ1v) is 7.64. The lowest BCUT2D eigenvalue weighted by molar-refractivity contribution is -0.384. The van der Waals surface area contributed by atoms with Gasteiger partial charge in [-0.3, -0.25) is 10.1 Å². The zero-order valence-electron chi connectivity index (χ0n) is 11.8. The summed E-state index contributed by atoms with van der Waals surface area (Å²) in [5, 5.41) is 11.6. The molecular weight excluding hydrogens is 316 g/mol. The van der Waals surface area contributed by atoms with E-state index in [2.05, 4.69) is 4.98 Å². The van der Waals surface area contributed by atoms with Crippen molar-refractivity contribution < 1.29 is 14.4 Å². The van der Waals surface area contributed by atoms with E-state index in [1.807, 2.05) is 30.4 Å². The lowest BCUT2D eigenvalue weighted by Crippen LogP contribution is -1.93. The third-order valence-electron chi connectivity index (χ3n) is 3.43. The molecule has 0 spiro atoms. The molecule has 0 saturated carbocycles. The minimum atomic E-state index is -0.418. The Morgan fingerprint density at radius 1 is 1.22 bits per heavy atom. The highest BCUT2D eigenvalue weighted by molar-refractivity contribution is 7.19. The van der Waals surface area contributed by atoms with Crippen LogP contribution in [0.4, 0.5) is 5.69 Å². The van der Waals surface area contributed by atoms with Crippen LogP contribution >= 0.6 is 11.3 Å². The SMILES string of the molecule is O=[N+]([O-])c1ccc2sc(/C=C/c3cccc4c3OCO4)nc2c1. The minimum absolute atomic E-state index is 0.0461. The van der Waals surface area contributed by atoms with Gasteiger partial charge in [-0.1, -0.05) is 12.1 Å². The molecule has 0 fully saturated rings. The van der Waals surface area contributed by atoms with Gasteiger partial charge >= 0.3 is 0 Å². The van der Waals surface area contributed by atoms with Gasteiger partial charge in [-0.2, -0.15) is 0 Å². The molecule has 4 rings (SSSR count). The van der Waals surface area contributed by atoms with Gasteiger partial charge < -0.3 is 9.47 Å². The number of non-ortho nitro benzene ring substituents is 1. The van der Waals surface area contributed by atoms with Gasteiger partial charge in [-0.25, -0.2) is 4.98 Å². The fraction of sp³-hybridized carbons (Fsp3) is 0.0625. The lowest BCUT2D eigenvalue weighted by Gasteiger charge is -1.99. The van der Waals surface area contributed by atoms with Gasteiger partial charge in [0.25, 0.3) is 5.69 Å². The molecule has 0 unspecified atom stereocenters. The van der Waals surface area contributed by atoms with Crippen LogP contribution in [0.3, 0.4) is 0 Å². The zero-order valence-corrected chi connectivity index (χ0v) is 12.6. The fourth-order valence-corrected chi connectivity index (χ4v) is 3.21. The topological polar surface area (TPSA) is 74.5 Å². The van der Waals surface area contributed by atoms with Crippen LogP contribution in [0.2, 0.25) is 0 Å². The van der Waals surface area contributed by atoms with E-state index < -0.39 is 4.92 Å². The standard InChI is InChI=1S/C16H10N2O4S/c19-18(20)11-5-6-14-12(8-11)17-15(23-14)7-4-10-2-1-3-13-16(10)22-9-21-13/h1-8H,9H2/b7-4+. The minimum Gasteiger partial charge on any atom is -0.454 e. The number of hydrogen-bond donors (Lipinski definition) is 0.